The number of nitrogens with zero attached hydrogens (tertiary/aromatic N) is 2. The molecule has 8 heteroatoms. The van der Waals surface area contributed by atoms with Gasteiger partial charge in [0.25, 0.3) is 0 Å². The third-order valence-corrected chi connectivity index (χ3v) is 7.10. The van der Waals surface area contributed by atoms with Crippen LogP contribution in [0.1, 0.15) is 31.2 Å². The molecule has 2 heterocycles. The molecule has 3 rings (SSSR count). The second-order valence-corrected chi connectivity index (χ2v) is 8.55. The molecule has 3 amide bonds. The summed E-state index contributed by atoms with van der Waals surface area (Å²) < 4.78 is 14.3. The maximum atomic E-state index is 14.3. The Balaban J connectivity index is 1.60. The summed E-state index contributed by atoms with van der Waals surface area (Å²) in [5, 5.41) is 2.48. The number of hydrogen-bond donors (Lipinski definition) is 2. The van der Waals surface area contributed by atoms with Crippen molar-refractivity contribution in [1.82, 2.24) is 15.1 Å². The molecule has 0 aliphatic carbocycles. The Morgan fingerprint density at radius 1 is 1.29 bits per heavy atom. The Morgan fingerprint density at radius 2 is 2.00 bits per heavy atom. The van der Waals surface area contributed by atoms with Gasteiger partial charge in [-0.05, 0) is 19.4 Å². The highest BCUT2D eigenvalue weighted by Gasteiger charge is 2.41. The van der Waals surface area contributed by atoms with Gasteiger partial charge in [0.2, 0.25) is 5.91 Å². The van der Waals surface area contributed by atoms with E-state index in [0.29, 0.717) is 18.7 Å². The minimum atomic E-state index is -0.255. The summed E-state index contributed by atoms with van der Waals surface area (Å²) in [4.78, 5) is 29.8. The quantitative estimate of drug-likeness (QED) is 0.740. The van der Waals surface area contributed by atoms with Crippen molar-refractivity contribution in [3.63, 3.8) is 0 Å². The molecule has 6 nitrogen and oxygen atoms in total. The summed E-state index contributed by atoms with van der Waals surface area (Å²) in [5.41, 5.74) is 0.591. The fourth-order valence-electron chi connectivity index (χ4n) is 3.82. The summed E-state index contributed by atoms with van der Waals surface area (Å²) in [7, 11) is 0. The number of piperazine rings is 1. The predicted molar refractivity (Wildman–Crippen MR) is 109 cm³/mol. The average Bonchev–Trinajstić information content (AvgIpc) is 3.02. The van der Waals surface area contributed by atoms with Crippen LogP contribution in [0.2, 0.25) is 0 Å². The molecule has 1 aromatic rings. The van der Waals surface area contributed by atoms with Crippen molar-refractivity contribution in [3.8, 4) is 0 Å². The number of urea groups is 1. The van der Waals surface area contributed by atoms with Crippen LogP contribution in [0.4, 0.5) is 9.18 Å². The van der Waals surface area contributed by atoms with Gasteiger partial charge in [0.05, 0.1) is 44.5 Å². The van der Waals surface area contributed by atoms with Gasteiger partial charge in [0.15, 0.2) is 0 Å². The summed E-state index contributed by atoms with van der Waals surface area (Å²) in [6.07, 6.45) is 0.753. The third kappa shape index (κ3) is 4.60. The van der Waals surface area contributed by atoms with E-state index in [0.717, 1.165) is 39.1 Å². The van der Waals surface area contributed by atoms with E-state index < -0.39 is 0 Å². The van der Waals surface area contributed by atoms with E-state index in [9.17, 15) is 14.0 Å². The number of thioether (sulfide) groups is 1. The number of benzene rings is 1. The Labute approximate surface area is 170 Å². The molecule has 1 aromatic carbocycles. The highest BCUT2D eigenvalue weighted by atomic mass is 32.2. The van der Waals surface area contributed by atoms with Gasteiger partial charge in [-0.15, -0.1) is 11.8 Å². The second kappa shape index (κ2) is 9.60. The number of amides is 3. The topological polar surface area (TPSA) is 57.1 Å². The van der Waals surface area contributed by atoms with E-state index in [1.165, 1.54) is 11.0 Å². The van der Waals surface area contributed by atoms with Gasteiger partial charge in [-0.25, -0.2) is 9.18 Å². The number of halogens is 1. The Morgan fingerprint density at radius 3 is 2.64 bits per heavy atom. The van der Waals surface area contributed by atoms with Crippen molar-refractivity contribution < 1.29 is 18.9 Å². The standard InChI is InChI=1S/C20H29FN4O2S/c1-3-17-18(26)25(19(28-17)15-7-5-6-8-16(15)21)14-11-23-9-12-24(13-10-23)20(27)22-4-2/h5-8,17,19H,3-4,9-14H2,1-2H3,(H,22,27)/p+1/t17-,19-/m0/s1. The van der Waals surface area contributed by atoms with Crippen molar-refractivity contribution in [1.29, 1.82) is 0 Å². The first-order valence-electron chi connectivity index (χ1n) is 10.1. The first-order chi connectivity index (χ1) is 13.5. The largest absolute Gasteiger partial charge is 0.338 e. The molecular formula is C20H30FN4O2S+. The van der Waals surface area contributed by atoms with Crippen molar-refractivity contribution >= 4 is 23.7 Å². The van der Waals surface area contributed by atoms with Gasteiger partial charge in [0, 0.05) is 12.1 Å². The molecular weight excluding hydrogens is 379 g/mol. The molecule has 0 spiro atoms. The summed E-state index contributed by atoms with van der Waals surface area (Å²) in [6.45, 7) is 9.16. The zero-order chi connectivity index (χ0) is 20.1. The summed E-state index contributed by atoms with van der Waals surface area (Å²) in [6, 6.07) is 6.75. The first kappa shape index (κ1) is 20.9. The molecule has 0 unspecified atom stereocenters. The van der Waals surface area contributed by atoms with E-state index >= 15 is 0 Å². The van der Waals surface area contributed by atoms with Gasteiger partial charge in [-0.3, -0.25) is 4.79 Å². The molecule has 2 saturated heterocycles. The van der Waals surface area contributed by atoms with E-state index in [4.69, 9.17) is 0 Å². The van der Waals surface area contributed by atoms with Crippen LogP contribution < -0.4 is 10.2 Å². The monoisotopic (exact) mass is 409 g/mol. The summed E-state index contributed by atoms with van der Waals surface area (Å²) in [5.74, 6) is -0.140. The van der Waals surface area contributed by atoms with Gasteiger partial charge in [0.1, 0.15) is 11.2 Å². The molecule has 0 saturated carbocycles. The van der Waals surface area contributed by atoms with Crippen LogP contribution in [0.5, 0.6) is 0 Å². The second-order valence-electron chi connectivity index (χ2n) is 7.26. The lowest BCUT2D eigenvalue weighted by Gasteiger charge is -2.33. The fraction of sp³-hybridized carbons (Fsp3) is 0.600. The van der Waals surface area contributed by atoms with E-state index in [1.807, 2.05) is 29.7 Å². The van der Waals surface area contributed by atoms with Gasteiger partial charge in [-0.1, -0.05) is 25.1 Å². The molecule has 2 aliphatic heterocycles. The Bertz CT molecular complexity index is 697. The smallest absolute Gasteiger partial charge is 0.317 e. The Kier molecular flexibility index (Phi) is 7.18. The van der Waals surface area contributed by atoms with Crippen molar-refractivity contribution in [2.24, 2.45) is 0 Å². The maximum absolute atomic E-state index is 14.3. The molecule has 2 atom stereocenters. The predicted octanol–water partition coefficient (Wildman–Crippen LogP) is 1.11. The molecule has 28 heavy (non-hydrogen) atoms. The van der Waals surface area contributed by atoms with Crippen molar-refractivity contribution in [3.05, 3.63) is 35.6 Å². The lowest BCUT2D eigenvalue weighted by atomic mass is 10.2. The van der Waals surface area contributed by atoms with Crippen molar-refractivity contribution in [2.75, 3.05) is 45.8 Å². The van der Waals surface area contributed by atoms with E-state index in [2.05, 4.69) is 5.32 Å². The number of nitrogens with one attached hydrogen (secondary N) is 2. The normalized spacial score (nSPS) is 23.3. The van der Waals surface area contributed by atoms with E-state index in [1.54, 1.807) is 23.9 Å². The SMILES string of the molecule is CCNC(=O)N1CC[NH+](CCN2C(=O)[C@H](CC)S[C@H]2c2ccccc2F)CC1. The zero-order valence-corrected chi connectivity index (χ0v) is 17.4. The fourth-order valence-corrected chi connectivity index (χ4v) is 5.27. The Hall–Kier alpha value is -1.80. The molecule has 2 aliphatic rings. The lowest BCUT2D eigenvalue weighted by molar-refractivity contribution is -0.903. The van der Waals surface area contributed by atoms with Crippen LogP contribution in [0, 0.1) is 5.82 Å². The van der Waals surface area contributed by atoms with Gasteiger partial charge < -0.3 is 20.0 Å². The minimum Gasteiger partial charge on any atom is -0.338 e. The van der Waals surface area contributed by atoms with Gasteiger partial charge in [-0.2, -0.15) is 0 Å². The molecule has 2 fully saturated rings. The van der Waals surface area contributed by atoms with Crippen LogP contribution in [0.3, 0.4) is 0 Å². The highest BCUT2D eigenvalue weighted by molar-refractivity contribution is 8.01. The summed E-state index contributed by atoms with van der Waals surface area (Å²) >= 11 is 1.56. The number of carbonyl (C=O) groups excluding carboxylic acids is 2. The minimum absolute atomic E-state index is 0.00178. The average molecular weight is 410 g/mol. The first-order valence-corrected chi connectivity index (χ1v) is 11.1. The molecule has 0 aromatic heterocycles. The van der Waals surface area contributed by atoms with Crippen LogP contribution in [0.15, 0.2) is 24.3 Å². The maximum Gasteiger partial charge on any atom is 0.317 e. The molecule has 2 N–H and O–H groups in total. The lowest BCUT2D eigenvalue weighted by Crippen LogP contribution is -3.15. The number of rotatable bonds is 6. The molecule has 154 valence electrons. The zero-order valence-electron chi connectivity index (χ0n) is 16.6. The van der Waals surface area contributed by atoms with Crippen LogP contribution in [0.25, 0.3) is 0 Å². The molecule has 0 bridgehead atoms. The van der Waals surface area contributed by atoms with Crippen LogP contribution in [-0.2, 0) is 4.79 Å². The van der Waals surface area contributed by atoms with Crippen molar-refractivity contribution in [2.45, 2.75) is 30.9 Å². The van der Waals surface area contributed by atoms with Gasteiger partial charge >= 0.3 is 6.03 Å². The highest BCUT2D eigenvalue weighted by Crippen LogP contribution is 2.44. The molecule has 0 radical (unpaired) electrons. The van der Waals surface area contributed by atoms with E-state index in [-0.39, 0.29) is 28.4 Å². The number of hydrogen-bond acceptors (Lipinski definition) is 3. The van der Waals surface area contributed by atoms with Crippen LogP contribution >= 0.6 is 11.8 Å². The third-order valence-electron chi connectivity index (χ3n) is 5.47. The number of carbonyl (C=O) groups is 2. The number of quaternary nitrogens is 1. The van der Waals surface area contributed by atoms with Crippen LogP contribution in [-0.4, -0.2) is 72.8 Å².